The molecule has 1 saturated carbocycles. The first-order valence-electron chi connectivity index (χ1n) is 4.18. The molecule has 1 rings (SSSR count). The topological polar surface area (TPSA) is 54.4 Å². The van der Waals surface area contributed by atoms with Gasteiger partial charge in [0, 0.05) is 12.8 Å². The zero-order valence-electron chi connectivity index (χ0n) is 7.46. The van der Waals surface area contributed by atoms with Crippen LogP contribution in [0.4, 0.5) is 0 Å². The fraction of sp³-hybridized carbons (Fsp3) is 0.778. The first-order chi connectivity index (χ1) is 5.43. The number of carboxylic acid groups (broad SMARTS) is 1. The van der Waals surface area contributed by atoms with Gasteiger partial charge in [-0.15, -0.1) is 0 Å². The van der Waals surface area contributed by atoms with Crippen molar-refractivity contribution in [2.45, 2.75) is 33.1 Å². The molecule has 3 heteroatoms. The molecule has 3 nitrogen and oxygen atoms in total. The first kappa shape index (κ1) is 9.23. The lowest BCUT2D eigenvalue weighted by molar-refractivity contribution is -0.149. The normalized spacial score (nSPS) is 28.5. The van der Waals surface area contributed by atoms with Gasteiger partial charge in [0.05, 0.1) is 5.92 Å². The second-order valence-electron chi connectivity index (χ2n) is 4.13. The van der Waals surface area contributed by atoms with Crippen molar-refractivity contribution in [2.75, 3.05) is 0 Å². The number of rotatable bonds is 1. The lowest BCUT2D eigenvalue weighted by Crippen LogP contribution is -2.37. The molecule has 1 unspecified atom stereocenters. The molecule has 1 N–H and O–H groups in total. The van der Waals surface area contributed by atoms with Crippen LogP contribution in [-0.2, 0) is 9.59 Å². The summed E-state index contributed by atoms with van der Waals surface area (Å²) in [5, 5.41) is 8.85. The molecule has 0 radical (unpaired) electrons. The van der Waals surface area contributed by atoms with Crippen LogP contribution in [0.5, 0.6) is 0 Å². The molecule has 0 aliphatic heterocycles. The maximum absolute atomic E-state index is 11.1. The molecule has 0 aromatic heterocycles. The Morgan fingerprint density at radius 2 is 2.17 bits per heavy atom. The second-order valence-corrected chi connectivity index (χ2v) is 4.13. The van der Waals surface area contributed by atoms with E-state index in [4.69, 9.17) is 5.11 Å². The number of Topliss-reactive ketones (excluding diaryl/α,β-unsaturated/α-hetero) is 1. The van der Waals surface area contributed by atoms with Crippen molar-refractivity contribution in [3.05, 3.63) is 0 Å². The second kappa shape index (κ2) is 2.88. The summed E-state index contributed by atoms with van der Waals surface area (Å²) in [7, 11) is 0. The number of ketones is 1. The highest BCUT2D eigenvalue weighted by Gasteiger charge is 2.40. The molecule has 0 heterocycles. The van der Waals surface area contributed by atoms with E-state index in [0.29, 0.717) is 19.3 Å². The maximum atomic E-state index is 11.1. The summed E-state index contributed by atoms with van der Waals surface area (Å²) in [5.74, 6) is -0.930. The van der Waals surface area contributed by atoms with E-state index in [9.17, 15) is 9.59 Å². The summed E-state index contributed by atoms with van der Waals surface area (Å²) in [6.45, 7) is 3.70. The Morgan fingerprint density at radius 1 is 1.58 bits per heavy atom. The number of aliphatic carboxylic acids is 1. The van der Waals surface area contributed by atoms with E-state index < -0.39 is 5.97 Å². The maximum Gasteiger partial charge on any atom is 0.307 e. The third kappa shape index (κ3) is 1.65. The van der Waals surface area contributed by atoms with Crippen molar-refractivity contribution in [1.29, 1.82) is 0 Å². The molecular formula is C9H14O3. The summed E-state index contributed by atoms with van der Waals surface area (Å²) in [5.41, 5.74) is -0.360. The van der Waals surface area contributed by atoms with E-state index in [1.807, 2.05) is 13.8 Å². The Hall–Kier alpha value is -0.860. The summed E-state index contributed by atoms with van der Waals surface area (Å²) < 4.78 is 0. The third-order valence-electron chi connectivity index (χ3n) is 2.61. The van der Waals surface area contributed by atoms with Crippen LogP contribution in [0.2, 0.25) is 0 Å². The number of carbonyl (C=O) groups excluding carboxylic acids is 1. The van der Waals surface area contributed by atoms with Crippen molar-refractivity contribution in [3.8, 4) is 0 Å². The summed E-state index contributed by atoms with van der Waals surface area (Å²) >= 11 is 0. The summed E-state index contributed by atoms with van der Waals surface area (Å²) in [6, 6.07) is 0. The van der Waals surface area contributed by atoms with Gasteiger partial charge >= 0.3 is 5.97 Å². The average molecular weight is 170 g/mol. The van der Waals surface area contributed by atoms with Crippen LogP contribution < -0.4 is 0 Å². The third-order valence-corrected chi connectivity index (χ3v) is 2.61. The number of hydrogen-bond donors (Lipinski definition) is 1. The molecule has 1 atom stereocenters. The van der Waals surface area contributed by atoms with Crippen LogP contribution in [0, 0.1) is 11.3 Å². The molecule has 0 aromatic rings. The fourth-order valence-corrected chi connectivity index (χ4v) is 1.87. The minimum absolute atomic E-state index is 0.192. The molecule has 0 aromatic carbocycles. The van der Waals surface area contributed by atoms with E-state index in [1.54, 1.807) is 0 Å². The minimum Gasteiger partial charge on any atom is -0.481 e. The highest BCUT2D eigenvalue weighted by molar-refractivity contribution is 5.83. The van der Waals surface area contributed by atoms with Crippen molar-refractivity contribution in [3.63, 3.8) is 0 Å². The minimum atomic E-state index is -0.771. The van der Waals surface area contributed by atoms with Gasteiger partial charge in [-0.1, -0.05) is 13.8 Å². The van der Waals surface area contributed by atoms with Gasteiger partial charge in [0.15, 0.2) is 0 Å². The number of hydrogen-bond acceptors (Lipinski definition) is 2. The van der Waals surface area contributed by atoms with Gasteiger partial charge in [-0.3, -0.25) is 9.59 Å². The van der Waals surface area contributed by atoms with Crippen molar-refractivity contribution in [2.24, 2.45) is 11.3 Å². The fourth-order valence-electron chi connectivity index (χ4n) is 1.87. The van der Waals surface area contributed by atoms with Crippen LogP contribution in [0.3, 0.4) is 0 Å². The highest BCUT2D eigenvalue weighted by Crippen LogP contribution is 2.38. The largest absolute Gasteiger partial charge is 0.481 e. The Balaban J connectivity index is 2.77. The van der Waals surface area contributed by atoms with Gasteiger partial charge in [0.25, 0.3) is 0 Å². The summed E-state index contributed by atoms with van der Waals surface area (Å²) in [4.78, 5) is 21.8. The van der Waals surface area contributed by atoms with Gasteiger partial charge in [0.1, 0.15) is 5.78 Å². The Labute approximate surface area is 71.8 Å². The van der Waals surface area contributed by atoms with Gasteiger partial charge in [-0.25, -0.2) is 0 Å². The molecule has 0 bridgehead atoms. The molecular weight excluding hydrogens is 156 g/mol. The smallest absolute Gasteiger partial charge is 0.307 e. The molecule has 0 saturated heterocycles. The predicted octanol–water partition coefficient (Wildman–Crippen LogP) is 1.47. The van der Waals surface area contributed by atoms with Gasteiger partial charge in [-0.05, 0) is 11.8 Å². The van der Waals surface area contributed by atoms with Crippen LogP contribution in [0.15, 0.2) is 0 Å². The zero-order chi connectivity index (χ0) is 9.35. The van der Waals surface area contributed by atoms with Gasteiger partial charge < -0.3 is 5.11 Å². The molecule has 0 amide bonds. The van der Waals surface area contributed by atoms with Gasteiger partial charge in [0.2, 0.25) is 0 Å². The van der Waals surface area contributed by atoms with E-state index >= 15 is 0 Å². The lowest BCUT2D eigenvalue weighted by Gasteiger charge is -2.34. The zero-order valence-corrected chi connectivity index (χ0v) is 7.46. The number of carbonyl (C=O) groups is 2. The molecule has 1 aliphatic carbocycles. The van der Waals surface area contributed by atoms with E-state index in [1.165, 1.54) is 0 Å². The van der Waals surface area contributed by atoms with Crippen molar-refractivity contribution >= 4 is 11.8 Å². The monoisotopic (exact) mass is 170 g/mol. The Bertz CT molecular complexity index is 218. The molecule has 1 aliphatic rings. The van der Waals surface area contributed by atoms with E-state index in [-0.39, 0.29) is 17.1 Å². The highest BCUT2D eigenvalue weighted by atomic mass is 16.4. The Morgan fingerprint density at radius 3 is 2.58 bits per heavy atom. The predicted molar refractivity (Wildman–Crippen MR) is 43.8 cm³/mol. The van der Waals surface area contributed by atoms with Crippen molar-refractivity contribution < 1.29 is 14.7 Å². The molecule has 0 spiro atoms. The standard InChI is InChI=1S/C9H14O3/c1-9(2)5-6(10)3-4-7(9)8(11)12/h7H,3-5H2,1-2H3,(H,11,12). The van der Waals surface area contributed by atoms with Crippen LogP contribution in [0.25, 0.3) is 0 Å². The van der Waals surface area contributed by atoms with Crippen LogP contribution >= 0.6 is 0 Å². The molecule has 12 heavy (non-hydrogen) atoms. The van der Waals surface area contributed by atoms with Gasteiger partial charge in [-0.2, -0.15) is 0 Å². The lowest BCUT2D eigenvalue weighted by atomic mass is 9.68. The quantitative estimate of drug-likeness (QED) is 0.648. The van der Waals surface area contributed by atoms with Crippen LogP contribution in [0.1, 0.15) is 33.1 Å². The first-order valence-corrected chi connectivity index (χ1v) is 4.18. The average Bonchev–Trinajstić information content (AvgIpc) is 1.82. The summed E-state index contributed by atoms with van der Waals surface area (Å²) in [6.07, 6.45) is 1.34. The van der Waals surface area contributed by atoms with E-state index in [2.05, 4.69) is 0 Å². The Kier molecular flexibility index (Phi) is 2.22. The molecule has 1 fully saturated rings. The van der Waals surface area contributed by atoms with Crippen molar-refractivity contribution in [1.82, 2.24) is 0 Å². The SMILES string of the molecule is CC1(C)CC(=O)CCC1C(=O)O. The molecule has 68 valence electrons. The number of carboxylic acids is 1. The van der Waals surface area contributed by atoms with E-state index in [0.717, 1.165) is 0 Å². The van der Waals surface area contributed by atoms with Crippen LogP contribution in [-0.4, -0.2) is 16.9 Å².